The van der Waals surface area contributed by atoms with Crippen molar-refractivity contribution < 1.29 is 18.7 Å². The normalized spacial score (nSPS) is 19.2. The molecular formula is C16H21FN4O3. The number of benzene rings is 1. The fraction of sp³-hybridized carbons (Fsp3) is 0.500. The van der Waals surface area contributed by atoms with Crippen LogP contribution in [0.25, 0.3) is 0 Å². The molecule has 2 amide bonds. The molecule has 1 atom stereocenters. The van der Waals surface area contributed by atoms with Gasteiger partial charge in [-0.25, -0.2) is 4.39 Å². The molecule has 0 radical (unpaired) electrons. The highest BCUT2D eigenvalue weighted by atomic mass is 19.1. The van der Waals surface area contributed by atoms with E-state index in [1.165, 1.54) is 17.0 Å². The van der Waals surface area contributed by atoms with Gasteiger partial charge in [-0.15, -0.1) is 0 Å². The summed E-state index contributed by atoms with van der Waals surface area (Å²) < 4.78 is 19.4. The number of anilines is 2. The topological polar surface area (TPSA) is 96.7 Å². The Morgan fingerprint density at radius 2 is 2.25 bits per heavy atom. The first-order valence-electron chi connectivity index (χ1n) is 8.03. The minimum absolute atomic E-state index is 0.0526. The summed E-state index contributed by atoms with van der Waals surface area (Å²) in [5.41, 5.74) is 6.14. The zero-order chi connectivity index (χ0) is 17.1. The lowest BCUT2D eigenvalue weighted by atomic mass is 10.2. The predicted octanol–water partition coefficient (Wildman–Crippen LogP) is 0.207. The summed E-state index contributed by atoms with van der Waals surface area (Å²) in [4.78, 5) is 25.3. The SMILES string of the molecule is NC[C@@H](NC1CC1)C(=O)Nc1ccc(N2CCOCC2=O)c(F)c1. The minimum atomic E-state index is -0.567. The molecule has 1 aromatic rings. The number of amides is 2. The lowest BCUT2D eigenvalue weighted by molar-refractivity contribution is -0.125. The van der Waals surface area contributed by atoms with Gasteiger partial charge >= 0.3 is 0 Å². The van der Waals surface area contributed by atoms with Crippen LogP contribution >= 0.6 is 0 Å². The predicted molar refractivity (Wildman–Crippen MR) is 87.2 cm³/mol. The third kappa shape index (κ3) is 3.89. The van der Waals surface area contributed by atoms with Crippen molar-refractivity contribution in [2.75, 3.05) is 36.5 Å². The molecule has 1 saturated heterocycles. The summed E-state index contributed by atoms with van der Waals surface area (Å²) in [5, 5.41) is 5.81. The van der Waals surface area contributed by atoms with Crippen LogP contribution in [0.15, 0.2) is 18.2 Å². The van der Waals surface area contributed by atoms with Crippen molar-refractivity contribution in [3.05, 3.63) is 24.0 Å². The van der Waals surface area contributed by atoms with Gasteiger partial charge in [0.2, 0.25) is 5.91 Å². The number of nitrogens with two attached hydrogens (primary N) is 1. The summed E-state index contributed by atoms with van der Waals surface area (Å²) in [7, 11) is 0. The zero-order valence-corrected chi connectivity index (χ0v) is 13.3. The highest BCUT2D eigenvalue weighted by molar-refractivity contribution is 5.97. The second kappa shape index (κ2) is 7.25. The van der Waals surface area contributed by atoms with Crippen LogP contribution < -0.4 is 21.3 Å². The molecule has 1 aliphatic heterocycles. The Bertz CT molecular complexity index is 636. The number of carbonyl (C=O) groups is 2. The molecule has 0 bridgehead atoms. The quantitative estimate of drug-likeness (QED) is 0.690. The number of ether oxygens (including phenoxy) is 1. The Labute approximate surface area is 139 Å². The molecule has 4 N–H and O–H groups in total. The zero-order valence-electron chi connectivity index (χ0n) is 13.3. The van der Waals surface area contributed by atoms with E-state index in [0.29, 0.717) is 24.9 Å². The van der Waals surface area contributed by atoms with E-state index in [4.69, 9.17) is 10.5 Å². The van der Waals surface area contributed by atoms with Gasteiger partial charge < -0.3 is 26.0 Å². The van der Waals surface area contributed by atoms with E-state index < -0.39 is 11.9 Å². The number of carbonyl (C=O) groups excluding carboxylic acids is 2. The molecule has 2 fully saturated rings. The van der Waals surface area contributed by atoms with E-state index in [1.54, 1.807) is 6.07 Å². The smallest absolute Gasteiger partial charge is 0.253 e. The highest BCUT2D eigenvalue weighted by Gasteiger charge is 2.28. The Morgan fingerprint density at radius 1 is 1.46 bits per heavy atom. The summed E-state index contributed by atoms with van der Waals surface area (Å²) in [6, 6.07) is 4.11. The summed E-state index contributed by atoms with van der Waals surface area (Å²) >= 11 is 0. The number of rotatable bonds is 6. The van der Waals surface area contributed by atoms with Crippen molar-refractivity contribution in [1.29, 1.82) is 0 Å². The molecule has 24 heavy (non-hydrogen) atoms. The first-order chi connectivity index (χ1) is 11.6. The van der Waals surface area contributed by atoms with Crippen LogP contribution in [0, 0.1) is 5.82 Å². The monoisotopic (exact) mass is 336 g/mol. The molecule has 0 aromatic heterocycles. The molecule has 3 rings (SSSR count). The number of halogens is 1. The molecule has 1 saturated carbocycles. The van der Waals surface area contributed by atoms with Gasteiger partial charge in [0, 0.05) is 24.8 Å². The van der Waals surface area contributed by atoms with Crippen LogP contribution in [0.3, 0.4) is 0 Å². The second-order valence-electron chi connectivity index (χ2n) is 5.98. The summed E-state index contributed by atoms with van der Waals surface area (Å²) in [5.74, 6) is -1.14. The van der Waals surface area contributed by atoms with Gasteiger partial charge in [-0.1, -0.05) is 0 Å². The Morgan fingerprint density at radius 3 is 2.88 bits per heavy atom. The Balaban J connectivity index is 1.67. The van der Waals surface area contributed by atoms with Gasteiger partial charge in [-0.05, 0) is 31.0 Å². The van der Waals surface area contributed by atoms with E-state index in [9.17, 15) is 14.0 Å². The Hall–Kier alpha value is -2.03. The van der Waals surface area contributed by atoms with E-state index in [-0.39, 0.29) is 30.7 Å². The number of hydrogen-bond acceptors (Lipinski definition) is 5. The van der Waals surface area contributed by atoms with Gasteiger partial charge in [-0.2, -0.15) is 0 Å². The number of morpholine rings is 1. The van der Waals surface area contributed by atoms with Crippen molar-refractivity contribution >= 4 is 23.2 Å². The van der Waals surface area contributed by atoms with Crippen molar-refractivity contribution in [2.45, 2.75) is 24.9 Å². The van der Waals surface area contributed by atoms with Crippen LogP contribution in [0.5, 0.6) is 0 Å². The van der Waals surface area contributed by atoms with Crippen LogP contribution in [0.1, 0.15) is 12.8 Å². The molecule has 130 valence electrons. The lowest BCUT2D eigenvalue weighted by Gasteiger charge is -2.27. The van der Waals surface area contributed by atoms with Crippen LogP contribution in [-0.2, 0) is 14.3 Å². The maximum atomic E-state index is 14.3. The van der Waals surface area contributed by atoms with Crippen LogP contribution in [-0.4, -0.2) is 50.2 Å². The van der Waals surface area contributed by atoms with Crippen molar-refractivity contribution in [1.82, 2.24) is 5.32 Å². The van der Waals surface area contributed by atoms with E-state index >= 15 is 0 Å². The Kier molecular flexibility index (Phi) is 5.08. The van der Waals surface area contributed by atoms with Gasteiger partial charge in [0.15, 0.2) is 0 Å². The maximum absolute atomic E-state index is 14.3. The lowest BCUT2D eigenvalue weighted by Crippen LogP contribution is -2.46. The standard InChI is InChI=1S/C16H21FN4O3/c17-12-7-11(20-16(23)13(8-18)19-10-1-2-10)3-4-14(12)21-5-6-24-9-15(21)22/h3-4,7,10,13,19H,1-2,5-6,8-9,18H2,(H,20,23)/t13-/m1/s1. The number of nitrogens with zero attached hydrogens (tertiary/aromatic N) is 1. The van der Waals surface area contributed by atoms with Crippen molar-refractivity contribution in [3.63, 3.8) is 0 Å². The van der Waals surface area contributed by atoms with E-state index in [0.717, 1.165) is 12.8 Å². The number of hydrogen-bond donors (Lipinski definition) is 3. The summed E-state index contributed by atoms with van der Waals surface area (Å²) in [6.45, 7) is 0.796. The molecule has 1 heterocycles. The minimum Gasteiger partial charge on any atom is -0.370 e. The molecule has 1 aromatic carbocycles. The fourth-order valence-electron chi connectivity index (χ4n) is 2.59. The van der Waals surface area contributed by atoms with Crippen molar-refractivity contribution in [3.8, 4) is 0 Å². The first-order valence-corrected chi connectivity index (χ1v) is 8.03. The molecule has 1 aliphatic carbocycles. The van der Waals surface area contributed by atoms with E-state index in [1.807, 2.05) is 0 Å². The average molecular weight is 336 g/mol. The molecular weight excluding hydrogens is 315 g/mol. The molecule has 8 heteroatoms. The first kappa shape index (κ1) is 16.8. The van der Waals surface area contributed by atoms with Gasteiger partial charge in [0.05, 0.1) is 18.3 Å². The van der Waals surface area contributed by atoms with Gasteiger partial charge in [0.25, 0.3) is 5.91 Å². The van der Waals surface area contributed by atoms with Crippen molar-refractivity contribution in [2.24, 2.45) is 5.73 Å². The molecule has 0 spiro atoms. The highest BCUT2D eigenvalue weighted by Crippen LogP contribution is 2.24. The average Bonchev–Trinajstić information content (AvgIpc) is 3.38. The molecule has 2 aliphatic rings. The third-order valence-electron chi connectivity index (χ3n) is 4.06. The van der Waals surface area contributed by atoms with Gasteiger partial charge in [0.1, 0.15) is 12.4 Å². The summed E-state index contributed by atoms with van der Waals surface area (Å²) in [6.07, 6.45) is 2.08. The third-order valence-corrected chi connectivity index (χ3v) is 4.06. The molecule has 0 unspecified atom stereocenters. The van der Waals surface area contributed by atoms with Crippen LogP contribution in [0.2, 0.25) is 0 Å². The maximum Gasteiger partial charge on any atom is 0.253 e. The number of nitrogens with one attached hydrogen (secondary N) is 2. The van der Waals surface area contributed by atoms with E-state index in [2.05, 4.69) is 10.6 Å². The fourth-order valence-corrected chi connectivity index (χ4v) is 2.59. The largest absolute Gasteiger partial charge is 0.370 e. The van der Waals surface area contributed by atoms with Crippen LogP contribution in [0.4, 0.5) is 15.8 Å². The molecule has 7 nitrogen and oxygen atoms in total. The second-order valence-corrected chi connectivity index (χ2v) is 5.98. The van der Waals surface area contributed by atoms with Gasteiger partial charge in [-0.3, -0.25) is 9.59 Å².